The molecule has 0 atom stereocenters. The first-order valence-corrected chi connectivity index (χ1v) is 8.84. The van der Waals surface area contributed by atoms with Crippen molar-refractivity contribution in [2.75, 3.05) is 11.8 Å². The molecule has 0 aromatic heterocycles. The van der Waals surface area contributed by atoms with Crippen LogP contribution in [0.15, 0.2) is 41.3 Å². The first-order valence-electron chi connectivity index (χ1n) is 7.36. The summed E-state index contributed by atoms with van der Waals surface area (Å²) in [6, 6.07) is 8.56. The van der Waals surface area contributed by atoms with Crippen molar-refractivity contribution in [2.45, 2.75) is 18.7 Å². The average Bonchev–Trinajstić information content (AvgIpc) is 2.55. The molecule has 0 aliphatic heterocycles. The number of carboxylic acid groups (broad SMARTS) is 1. The Morgan fingerprint density at radius 1 is 1.04 bits per heavy atom. The predicted octanol–water partition coefficient (Wildman–Crippen LogP) is 2.16. The quantitative estimate of drug-likeness (QED) is 0.754. The molecular formula is C17H18N2O5S. The highest BCUT2D eigenvalue weighted by Gasteiger charge is 2.20. The molecule has 0 saturated heterocycles. The molecule has 7 nitrogen and oxygen atoms in total. The van der Waals surface area contributed by atoms with E-state index in [1.54, 1.807) is 26.0 Å². The number of rotatable bonds is 5. The van der Waals surface area contributed by atoms with Crippen LogP contribution in [0.2, 0.25) is 0 Å². The summed E-state index contributed by atoms with van der Waals surface area (Å²) in [5, 5.41) is 11.6. The summed E-state index contributed by atoms with van der Waals surface area (Å²) in [4.78, 5) is 22.9. The zero-order chi connectivity index (χ0) is 18.8. The fourth-order valence-electron chi connectivity index (χ4n) is 2.33. The van der Waals surface area contributed by atoms with Crippen LogP contribution < -0.4 is 10.0 Å². The maximum absolute atomic E-state index is 12.6. The molecule has 132 valence electrons. The van der Waals surface area contributed by atoms with Gasteiger partial charge in [-0.25, -0.2) is 13.2 Å². The second-order valence-electron chi connectivity index (χ2n) is 5.44. The molecule has 0 unspecified atom stereocenters. The Morgan fingerprint density at radius 3 is 2.32 bits per heavy atom. The molecular weight excluding hydrogens is 344 g/mol. The number of carboxylic acids is 1. The molecule has 0 bridgehead atoms. The van der Waals surface area contributed by atoms with Gasteiger partial charge in [-0.2, -0.15) is 0 Å². The second-order valence-corrected chi connectivity index (χ2v) is 7.13. The van der Waals surface area contributed by atoms with Crippen molar-refractivity contribution >= 4 is 27.6 Å². The van der Waals surface area contributed by atoms with Crippen molar-refractivity contribution < 1.29 is 23.1 Å². The van der Waals surface area contributed by atoms with E-state index < -0.39 is 16.0 Å². The minimum atomic E-state index is -4.00. The monoisotopic (exact) mass is 362 g/mol. The maximum atomic E-state index is 12.6. The number of benzene rings is 2. The standard InChI is InChI=1S/C17H18N2O5S/c1-10-7-8-12(9-14(10)17(21)22)25(23,24)19-15-6-4-5-13(11(15)2)16(20)18-3/h4-9,19H,1-3H3,(H,18,20)(H,21,22). The zero-order valence-electron chi connectivity index (χ0n) is 14.0. The number of carbonyl (C=O) groups excluding carboxylic acids is 1. The maximum Gasteiger partial charge on any atom is 0.335 e. The van der Waals surface area contributed by atoms with Crippen LogP contribution in [-0.2, 0) is 10.0 Å². The number of amides is 1. The summed E-state index contributed by atoms with van der Waals surface area (Å²) in [6.45, 7) is 3.21. The van der Waals surface area contributed by atoms with Gasteiger partial charge in [0.2, 0.25) is 0 Å². The lowest BCUT2D eigenvalue weighted by molar-refractivity contribution is 0.0695. The molecule has 0 heterocycles. The molecule has 0 radical (unpaired) electrons. The Balaban J connectivity index is 2.45. The predicted molar refractivity (Wildman–Crippen MR) is 93.5 cm³/mol. The Bertz CT molecular complexity index is 952. The van der Waals surface area contributed by atoms with Gasteiger partial charge in [0.05, 0.1) is 16.1 Å². The molecule has 8 heteroatoms. The molecule has 2 aromatic carbocycles. The van der Waals surface area contributed by atoms with Crippen molar-refractivity contribution in [3.05, 3.63) is 58.7 Å². The van der Waals surface area contributed by atoms with Crippen LogP contribution in [0.1, 0.15) is 31.8 Å². The number of aromatic carboxylic acids is 1. The molecule has 0 spiro atoms. The molecule has 0 fully saturated rings. The number of aryl methyl sites for hydroxylation is 1. The van der Waals surface area contributed by atoms with E-state index in [-0.39, 0.29) is 22.1 Å². The van der Waals surface area contributed by atoms with Crippen LogP contribution in [0, 0.1) is 13.8 Å². The van der Waals surface area contributed by atoms with Gasteiger partial charge in [0.1, 0.15) is 0 Å². The van der Waals surface area contributed by atoms with Crippen LogP contribution in [0.25, 0.3) is 0 Å². The van der Waals surface area contributed by atoms with E-state index >= 15 is 0 Å². The third-order valence-electron chi connectivity index (χ3n) is 3.80. The Kier molecular flexibility index (Phi) is 5.13. The lowest BCUT2D eigenvalue weighted by Gasteiger charge is -2.14. The highest BCUT2D eigenvalue weighted by Crippen LogP contribution is 2.23. The first-order chi connectivity index (χ1) is 11.7. The SMILES string of the molecule is CNC(=O)c1cccc(NS(=O)(=O)c2ccc(C)c(C(=O)O)c2)c1C. The molecule has 2 rings (SSSR count). The zero-order valence-corrected chi connectivity index (χ0v) is 14.8. The van der Waals surface area contributed by atoms with Gasteiger partial charge in [-0.3, -0.25) is 9.52 Å². The van der Waals surface area contributed by atoms with Gasteiger partial charge in [0.15, 0.2) is 0 Å². The van der Waals surface area contributed by atoms with Crippen LogP contribution in [-0.4, -0.2) is 32.4 Å². The van der Waals surface area contributed by atoms with E-state index in [1.807, 2.05) is 0 Å². The minimum absolute atomic E-state index is 0.0845. The Morgan fingerprint density at radius 2 is 1.72 bits per heavy atom. The smallest absolute Gasteiger partial charge is 0.335 e. The Hall–Kier alpha value is -2.87. The summed E-state index contributed by atoms with van der Waals surface area (Å²) in [7, 11) is -2.52. The number of anilines is 1. The first kappa shape index (κ1) is 18.5. The van der Waals surface area contributed by atoms with Crippen molar-refractivity contribution in [1.82, 2.24) is 5.32 Å². The van der Waals surface area contributed by atoms with Crippen molar-refractivity contribution in [1.29, 1.82) is 0 Å². The van der Waals surface area contributed by atoms with Gasteiger partial charge in [0.25, 0.3) is 15.9 Å². The average molecular weight is 362 g/mol. The van der Waals surface area contributed by atoms with E-state index in [0.717, 1.165) is 6.07 Å². The van der Waals surface area contributed by atoms with Gasteiger partial charge in [-0.1, -0.05) is 12.1 Å². The van der Waals surface area contributed by atoms with Gasteiger partial charge < -0.3 is 10.4 Å². The summed E-state index contributed by atoms with van der Waals surface area (Å²) in [6.07, 6.45) is 0. The number of hydrogen-bond donors (Lipinski definition) is 3. The fraction of sp³-hybridized carbons (Fsp3) is 0.176. The number of carbonyl (C=O) groups is 2. The van der Waals surface area contributed by atoms with Crippen LogP contribution in [0.3, 0.4) is 0 Å². The summed E-state index contributed by atoms with van der Waals surface area (Å²) in [5.74, 6) is -1.53. The molecule has 1 amide bonds. The van der Waals surface area contributed by atoms with Gasteiger partial charge in [-0.15, -0.1) is 0 Å². The van der Waals surface area contributed by atoms with E-state index in [4.69, 9.17) is 5.11 Å². The Labute approximate surface area is 145 Å². The van der Waals surface area contributed by atoms with Crippen LogP contribution in [0.5, 0.6) is 0 Å². The highest BCUT2D eigenvalue weighted by molar-refractivity contribution is 7.92. The number of sulfonamides is 1. The van der Waals surface area contributed by atoms with E-state index in [9.17, 15) is 18.0 Å². The molecule has 3 N–H and O–H groups in total. The second kappa shape index (κ2) is 6.94. The molecule has 25 heavy (non-hydrogen) atoms. The van der Waals surface area contributed by atoms with E-state index in [2.05, 4.69) is 10.0 Å². The number of hydrogen-bond acceptors (Lipinski definition) is 4. The van der Waals surface area contributed by atoms with E-state index in [0.29, 0.717) is 16.7 Å². The van der Waals surface area contributed by atoms with Crippen LogP contribution in [0.4, 0.5) is 5.69 Å². The fourth-order valence-corrected chi connectivity index (χ4v) is 3.48. The topological polar surface area (TPSA) is 113 Å². The highest BCUT2D eigenvalue weighted by atomic mass is 32.2. The normalized spacial score (nSPS) is 11.0. The lowest BCUT2D eigenvalue weighted by atomic mass is 10.1. The third-order valence-corrected chi connectivity index (χ3v) is 5.16. The minimum Gasteiger partial charge on any atom is -0.478 e. The largest absolute Gasteiger partial charge is 0.478 e. The summed E-state index contributed by atoms with van der Waals surface area (Å²) >= 11 is 0. The van der Waals surface area contributed by atoms with E-state index in [1.165, 1.54) is 25.2 Å². The van der Waals surface area contributed by atoms with Crippen LogP contribution >= 0.6 is 0 Å². The lowest BCUT2D eigenvalue weighted by Crippen LogP contribution is -2.20. The molecule has 0 saturated carbocycles. The van der Waals surface area contributed by atoms with Gasteiger partial charge >= 0.3 is 5.97 Å². The third kappa shape index (κ3) is 3.80. The van der Waals surface area contributed by atoms with Crippen molar-refractivity contribution in [3.8, 4) is 0 Å². The van der Waals surface area contributed by atoms with Gasteiger partial charge in [0, 0.05) is 12.6 Å². The molecule has 0 aliphatic carbocycles. The van der Waals surface area contributed by atoms with Crippen molar-refractivity contribution in [2.24, 2.45) is 0 Å². The van der Waals surface area contributed by atoms with Gasteiger partial charge in [-0.05, 0) is 49.2 Å². The molecule has 0 aliphatic rings. The molecule has 2 aromatic rings. The number of nitrogens with one attached hydrogen (secondary N) is 2. The summed E-state index contributed by atoms with van der Waals surface area (Å²) in [5.41, 5.74) is 1.44. The summed E-state index contributed by atoms with van der Waals surface area (Å²) < 4.78 is 27.6. The van der Waals surface area contributed by atoms with Crippen molar-refractivity contribution in [3.63, 3.8) is 0 Å².